The van der Waals surface area contributed by atoms with Gasteiger partial charge in [-0.2, -0.15) is 5.10 Å². The van der Waals surface area contributed by atoms with E-state index in [9.17, 15) is 9.59 Å². The Labute approximate surface area is 156 Å². The van der Waals surface area contributed by atoms with Crippen molar-refractivity contribution < 1.29 is 14.3 Å². The molecule has 0 atom stereocenters. The molecule has 0 heterocycles. The number of amides is 2. The van der Waals surface area contributed by atoms with E-state index in [2.05, 4.69) is 22.4 Å². The first-order valence-electron chi connectivity index (χ1n) is 7.74. The molecular formula is C19H18ClN3O3. The minimum absolute atomic E-state index is 0.389. The van der Waals surface area contributed by atoms with Crippen LogP contribution in [0, 0.1) is 6.92 Å². The van der Waals surface area contributed by atoms with Crippen LogP contribution >= 0.6 is 11.6 Å². The van der Waals surface area contributed by atoms with Crippen molar-refractivity contribution in [2.45, 2.75) is 6.92 Å². The van der Waals surface area contributed by atoms with Crippen molar-refractivity contribution >= 4 is 35.3 Å². The highest BCUT2D eigenvalue weighted by atomic mass is 35.5. The largest absolute Gasteiger partial charge is 0.490 e. The van der Waals surface area contributed by atoms with Crippen LogP contribution in [0.4, 0.5) is 5.69 Å². The molecule has 0 aliphatic rings. The van der Waals surface area contributed by atoms with Crippen LogP contribution in [0.1, 0.15) is 11.1 Å². The van der Waals surface area contributed by atoms with E-state index in [1.807, 2.05) is 0 Å². The van der Waals surface area contributed by atoms with Gasteiger partial charge in [0, 0.05) is 10.7 Å². The van der Waals surface area contributed by atoms with Crippen LogP contribution in [0.2, 0.25) is 5.02 Å². The van der Waals surface area contributed by atoms with E-state index in [-0.39, 0.29) is 0 Å². The first kappa shape index (κ1) is 19.2. The Morgan fingerprint density at radius 2 is 2.00 bits per heavy atom. The first-order valence-corrected chi connectivity index (χ1v) is 8.12. The van der Waals surface area contributed by atoms with Gasteiger partial charge in [-0.15, -0.1) is 0 Å². The quantitative estimate of drug-likeness (QED) is 0.354. The molecule has 0 spiro atoms. The third-order valence-electron chi connectivity index (χ3n) is 3.33. The van der Waals surface area contributed by atoms with Crippen LogP contribution in [0.5, 0.6) is 5.75 Å². The van der Waals surface area contributed by atoms with Crippen molar-refractivity contribution in [1.29, 1.82) is 0 Å². The van der Waals surface area contributed by atoms with Gasteiger partial charge >= 0.3 is 11.8 Å². The van der Waals surface area contributed by atoms with Crippen molar-refractivity contribution in [2.24, 2.45) is 5.10 Å². The van der Waals surface area contributed by atoms with E-state index in [0.29, 0.717) is 34.2 Å². The number of halogens is 1. The van der Waals surface area contributed by atoms with Gasteiger partial charge in [0.05, 0.1) is 6.21 Å². The number of carbonyl (C=O) groups is 2. The lowest BCUT2D eigenvalue weighted by molar-refractivity contribution is -0.136. The number of nitrogens with zero attached hydrogens (tertiary/aromatic N) is 1. The standard InChI is InChI=1S/C19H18ClN3O3/c1-3-10-26-15-7-4-6-14(11-15)12-21-23-19(25)18(24)22-17-9-5-8-16(20)13(17)2/h3-9,11-12H,1,10H2,2H3,(H,22,24)(H,23,25)/b21-12+. The second kappa shape index (κ2) is 9.39. The van der Waals surface area contributed by atoms with Crippen LogP contribution in [0.3, 0.4) is 0 Å². The summed E-state index contributed by atoms with van der Waals surface area (Å²) in [6.45, 7) is 5.71. The van der Waals surface area contributed by atoms with Gasteiger partial charge in [0.15, 0.2) is 0 Å². The molecule has 134 valence electrons. The average Bonchev–Trinajstić information content (AvgIpc) is 2.64. The third kappa shape index (κ3) is 5.46. The Balaban J connectivity index is 1.93. The molecule has 0 aliphatic carbocycles. The summed E-state index contributed by atoms with van der Waals surface area (Å²) < 4.78 is 5.41. The van der Waals surface area contributed by atoms with E-state index in [1.54, 1.807) is 55.5 Å². The number of ether oxygens (including phenoxy) is 1. The molecule has 0 radical (unpaired) electrons. The number of benzene rings is 2. The Morgan fingerprint density at radius 3 is 2.77 bits per heavy atom. The number of carbonyl (C=O) groups excluding carboxylic acids is 2. The van der Waals surface area contributed by atoms with Gasteiger partial charge in [0.25, 0.3) is 0 Å². The smallest absolute Gasteiger partial charge is 0.329 e. The van der Waals surface area contributed by atoms with Crippen molar-refractivity contribution in [1.82, 2.24) is 5.43 Å². The highest BCUT2D eigenvalue weighted by Gasteiger charge is 2.14. The third-order valence-corrected chi connectivity index (χ3v) is 3.74. The fraction of sp³-hybridized carbons (Fsp3) is 0.105. The van der Waals surface area contributed by atoms with Crippen molar-refractivity contribution in [3.63, 3.8) is 0 Å². The molecule has 0 saturated carbocycles. The fourth-order valence-electron chi connectivity index (χ4n) is 1.98. The molecule has 26 heavy (non-hydrogen) atoms. The number of hydrazone groups is 1. The first-order chi connectivity index (χ1) is 12.5. The minimum atomic E-state index is -0.889. The van der Waals surface area contributed by atoms with E-state index in [0.717, 1.165) is 0 Å². The topological polar surface area (TPSA) is 79.8 Å². The van der Waals surface area contributed by atoms with Gasteiger partial charge in [-0.3, -0.25) is 9.59 Å². The Kier molecular flexibility index (Phi) is 6.93. The summed E-state index contributed by atoms with van der Waals surface area (Å²) in [5.74, 6) is -1.08. The number of anilines is 1. The van der Waals surface area contributed by atoms with Crippen LogP contribution in [-0.2, 0) is 9.59 Å². The van der Waals surface area contributed by atoms with Gasteiger partial charge in [0.2, 0.25) is 0 Å². The van der Waals surface area contributed by atoms with Gasteiger partial charge < -0.3 is 10.1 Å². The predicted octanol–water partition coefficient (Wildman–Crippen LogP) is 3.30. The lowest BCUT2D eigenvalue weighted by Crippen LogP contribution is -2.32. The van der Waals surface area contributed by atoms with Crippen molar-refractivity contribution in [3.05, 3.63) is 71.3 Å². The molecule has 2 rings (SSSR count). The van der Waals surface area contributed by atoms with Crippen LogP contribution in [0.25, 0.3) is 0 Å². The second-order valence-electron chi connectivity index (χ2n) is 5.24. The Morgan fingerprint density at radius 1 is 1.23 bits per heavy atom. The molecule has 2 aromatic carbocycles. The minimum Gasteiger partial charge on any atom is -0.490 e. The van der Waals surface area contributed by atoms with Gasteiger partial charge in [-0.1, -0.05) is 42.5 Å². The monoisotopic (exact) mass is 371 g/mol. The fourth-order valence-corrected chi connectivity index (χ4v) is 2.15. The molecule has 0 fully saturated rings. The van der Waals surface area contributed by atoms with Crippen LogP contribution < -0.4 is 15.5 Å². The molecule has 0 bridgehead atoms. The summed E-state index contributed by atoms with van der Waals surface area (Å²) in [5, 5.41) is 6.77. The van der Waals surface area contributed by atoms with Gasteiger partial charge in [-0.05, 0) is 42.3 Å². The van der Waals surface area contributed by atoms with Gasteiger partial charge in [0.1, 0.15) is 12.4 Å². The SMILES string of the molecule is C=CCOc1cccc(/C=N/NC(=O)C(=O)Nc2cccc(Cl)c2C)c1. The highest BCUT2D eigenvalue weighted by Crippen LogP contribution is 2.22. The number of nitrogens with one attached hydrogen (secondary N) is 2. The van der Waals surface area contributed by atoms with Crippen molar-refractivity contribution in [3.8, 4) is 5.75 Å². The zero-order chi connectivity index (χ0) is 18.9. The molecule has 6 nitrogen and oxygen atoms in total. The maximum Gasteiger partial charge on any atom is 0.329 e. The molecule has 0 unspecified atom stereocenters. The number of hydrogen-bond acceptors (Lipinski definition) is 4. The molecule has 0 aromatic heterocycles. The molecule has 0 saturated heterocycles. The van der Waals surface area contributed by atoms with Crippen LogP contribution in [-0.4, -0.2) is 24.6 Å². The van der Waals surface area contributed by atoms with E-state index >= 15 is 0 Å². The normalized spacial score (nSPS) is 10.4. The molecule has 7 heteroatoms. The Bertz CT molecular complexity index is 850. The zero-order valence-corrected chi connectivity index (χ0v) is 14.9. The zero-order valence-electron chi connectivity index (χ0n) is 14.2. The highest BCUT2D eigenvalue weighted by molar-refractivity contribution is 6.40. The summed E-state index contributed by atoms with van der Waals surface area (Å²) in [5.41, 5.74) is 4.03. The second-order valence-corrected chi connectivity index (χ2v) is 5.65. The maximum absolute atomic E-state index is 11.9. The molecule has 2 amide bonds. The van der Waals surface area contributed by atoms with E-state index in [4.69, 9.17) is 16.3 Å². The summed E-state index contributed by atoms with van der Waals surface area (Å²) in [6.07, 6.45) is 3.05. The number of rotatable bonds is 6. The van der Waals surface area contributed by atoms with Crippen LogP contribution in [0.15, 0.2) is 60.2 Å². The van der Waals surface area contributed by atoms with Crippen molar-refractivity contribution in [2.75, 3.05) is 11.9 Å². The summed E-state index contributed by atoms with van der Waals surface area (Å²) in [7, 11) is 0. The Hall–Kier alpha value is -3.12. The molecular weight excluding hydrogens is 354 g/mol. The summed E-state index contributed by atoms with van der Waals surface area (Å²) >= 11 is 5.98. The molecule has 2 N–H and O–H groups in total. The maximum atomic E-state index is 11.9. The lowest BCUT2D eigenvalue weighted by Gasteiger charge is -2.08. The molecule has 0 aliphatic heterocycles. The van der Waals surface area contributed by atoms with E-state index in [1.165, 1.54) is 6.21 Å². The number of hydrogen-bond donors (Lipinski definition) is 2. The molecule has 2 aromatic rings. The average molecular weight is 372 g/mol. The van der Waals surface area contributed by atoms with Gasteiger partial charge in [-0.25, -0.2) is 5.43 Å². The summed E-state index contributed by atoms with van der Waals surface area (Å²) in [6, 6.07) is 12.1. The summed E-state index contributed by atoms with van der Waals surface area (Å²) in [4.78, 5) is 23.8. The lowest BCUT2D eigenvalue weighted by atomic mass is 10.2. The predicted molar refractivity (Wildman–Crippen MR) is 103 cm³/mol. The van der Waals surface area contributed by atoms with E-state index < -0.39 is 11.8 Å².